The highest BCUT2D eigenvalue weighted by molar-refractivity contribution is 6.34. The van der Waals surface area contributed by atoms with E-state index >= 15 is 0 Å². The number of halogens is 1. The number of fused-ring (bicyclic) bond motifs is 1. The van der Waals surface area contributed by atoms with Gasteiger partial charge in [0.15, 0.2) is 0 Å². The molecule has 0 aliphatic heterocycles. The van der Waals surface area contributed by atoms with E-state index in [1.165, 1.54) is 13.4 Å². The van der Waals surface area contributed by atoms with Gasteiger partial charge in [-0.05, 0) is 18.2 Å². The SMILES string of the molecule is COC(=O)CC#Cc1ccc2c(Cl)ncnc2c1. The van der Waals surface area contributed by atoms with Crippen molar-refractivity contribution in [3.63, 3.8) is 0 Å². The maximum atomic E-state index is 10.9. The molecule has 0 aliphatic carbocycles. The number of benzene rings is 1. The Balaban J connectivity index is 2.28. The van der Waals surface area contributed by atoms with Gasteiger partial charge in [-0.3, -0.25) is 4.79 Å². The van der Waals surface area contributed by atoms with E-state index in [0.29, 0.717) is 5.15 Å². The molecule has 1 heterocycles. The molecule has 4 nitrogen and oxygen atoms in total. The lowest BCUT2D eigenvalue weighted by molar-refractivity contribution is -0.139. The van der Waals surface area contributed by atoms with E-state index in [4.69, 9.17) is 11.6 Å². The second-order valence-electron chi connectivity index (χ2n) is 3.45. The Bertz CT molecular complexity index is 659. The molecule has 2 aromatic rings. The minimum absolute atomic E-state index is 0.0685. The van der Waals surface area contributed by atoms with Crippen LogP contribution in [0.4, 0.5) is 0 Å². The van der Waals surface area contributed by atoms with Crippen LogP contribution in [0, 0.1) is 11.8 Å². The monoisotopic (exact) mass is 260 g/mol. The van der Waals surface area contributed by atoms with Crippen LogP contribution in [0.3, 0.4) is 0 Å². The quantitative estimate of drug-likeness (QED) is 0.448. The summed E-state index contributed by atoms with van der Waals surface area (Å²) in [5.74, 6) is 5.24. The molecule has 0 radical (unpaired) electrons. The van der Waals surface area contributed by atoms with Gasteiger partial charge in [-0.1, -0.05) is 23.4 Å². The number of rotatable bonds is 1. The van der Waals surface area contributed by atoms with Gasteiger partial charge in [0, 0.05) is 10.9 Å². The van der Waals surface area contributed by atoms with Crippen LogP contribution in [-0.2, 0) is 9.53 Å². The van der Waals surface area contributed by atoms with Crippen LogP contribution in [0.15, 0.2) is 24.5 Å². The molecule has 0 bridgehead atoms. The lowest BCUT2D eigenvalue weighted by atomic mass is 10.1. The predicted octanol–water partition coefficient (Wildman–Crippen LogP) is 2.20. The largest absolute Gasteiger partial charge is 0.468 e. The molecule has 5 heteroatoms. The average molecular weight is 261 g/mol. The first-order valence-electron chi connectivity index (χ1n) is 5.16. The summed E-state index contributed by atoms with van der Waals surface area (Å²) >= 11 is 5.93. The minimum atomic E-state index is -0.353. The van der Waals surface area contributed by atoms with Gasteiger partial charge in [-0.2, -0.15) is 0 Å². The molecule has 0 amide bonds. The van der Waals surface area contributed by atoms with Crippen molar-refractivity contribution in [1.82, 2.24) is 9.97 Å². The van der Waals surface area contributed by atoms with Crippen molar-refractivity contribution in [3.05, 3.63) is 35.2 Å². The highest BCUT2D eigenvalue weighted by atomic mass is 35.5. The van der Waals surface area contributed by atoms with Crippen LogP contribution in [-0.4, -0.2) is 23.0 Å². The molecule has 0 spiro atoms. The van der Waals surface area contributed by atoms with Crippen molar-refractivity contribution in [2.24, 2.45) is 0 Å². The topological polar surface area (TPSA) is 52.1 Å². The third-order valence-corrected chi connectivity index (χ3v) is 2.58. The molecule has 0 N–H and O–H groups in total. The molecule has 0 atom stereocenters. The Kier molecular flexibility index (Phi) is 3.75. The fraction of sp³-hybridized carbons (Fsp3) is 0.154. The van der Waals surface area contributed by atoms with Crippen molar-refractivity contribution in [1.29, 1.82) is 0 Å². The number of carbonyl (C=O) groups excluding carboxylic acids is 1. The third kappa shape index (κ3) is 2.76. The van der Waals surface area contributed by atoms with E-state index in [2.05, 4.69) is 26.5 Å². The zero-order valence-corrected chi connectivity index (χ0v) is 10.4. The standard InChI is InChI=1S/C13H9ClN2O2/c1-18-12(17)4-2-3-9-5-6-10-11(7-9)15-8-16-13(10)14/h5-8H,4H2,1H3. The van der Waals surface area contributed by atoms with E-state index < -0.39 is 0 Å². The van der Waals surface area contributed by atoms with Gasteiger partial charge in [0.25, 0.3) is 0 Å². The van der Waals surface area contributed by atoms with Gasteiger partial charge in [0.2, 0.25) is 0 Å². The van der Waals surface area contributed by atoms with Crippen molar-refractivity contribution in [2.75, 3.05) is 7.11 Å². The zero-order valence-electron chi connectivity index (χ0n) is 9.61. The molecular formula is C13H9ClN2O2. The molecule has 18 heavy (non-hydrogen) atoms. The molecule has 0 unspecified atom stereocenters. The van der Waals surface area contributed by atoms with Gasteiger partial charge in [0.05, 0.1) is 12.6 Å². The van der Waals surface area contributed by atoms with E-state index in [0.717, 1.165) is 16.5 Å². The number of nitrogens with zero attached hydrogens (tertiary/aromatic N) is 2. The molecule has 1 aromatic carbocycles. The van der Waals surface area contributed by atoms with Crippen molar-refractivity contribution >= 4 is 28.5 Å². The van der Waals surface area contributed by atoms with Crippen molar-refractivity contribution in [3.8, 4) is 11.8 Å². The highest BCUT2D eigenvalue weighted by Crippen LogP contribution is 2.19. The summed E-state index contributed by atoms with van der Waals surface area (Å²) in [5, 5.41) is 1.19. The molecule has 0 saturated heterocycles. The Hall–Kier alpha value is -2.12. The lowest BCUT2D eigenvalue weighted by Crippen LogP contribution is -1.97. The fourth-order valence-corrected chi connectivity index (χ4v) is 1.60. The number of hydrogen-bond acceptors (Lipinski definition) is 4. The molecule has 0 saturated carbocycles. The minimum Gasteiger partial charge on any atom is -0.468 e. The van der Waals surface area contributed by atoms with Crippen molar-refractivity contribution < 1.29 is 9.53 Å². The Morgan fingerprint density at radius 3 is 3.06 bits per heavy atom. The first-order chi connectivity index (χ1) is 8.70. The van der Waals surface area contributed by atoms with Gasteiger partial charge >= 0.3 is 5.97 Å². The molecule has 0 aliphatic rings. The summed E-state index contributed by atoms with van der Waals surface area (Å²) in [6.45, 7) is 0. The van der Waals surface area contributed by atoms with Crippen molar-refractivity contribution in [2.45, 2.75) is 6.42 Å². The number of carbonyl (C=O) groups is 1. The number of ether oxygens (including phenoxy) is 1. The maximum Gasteiger partial charge on any atom is 0.317 e. The predicted molar refractivity (Wildman–Crippen MR) is 68.1 cm³/mol. The van der Waals surface area contributed by atoms with Gasteiger partial charge in [-0.25, -0.2) is 9.97 Å². The number of methoxy groups -OCH3 is 1. The molecule has 2 rings (SSSR count). The second-order valence-corrected chi connectivity index (χ2v) is 3.81. The first kappa shape index (κ1) is 12.3. The first-order valence-corrected chi connectivity index (χ1v) is 5.54. The van der Waals surface area contributed by atoms with Crippen LogP contribution in [0.2, 0.25) is 5.15 Å². The second kappa shape index (κ2) is 5.48. The highest BCUT2D eigenvalue weighted by Gasteiger charge is 2.01. The maximum absolute atomic E-state index is 10.9. The Morgan fingerprint density at radius 1 is 1.44 bits per heavy atom. The Morgan fingerprint density at radius 2 is 2.28 bits per heavy atom. The summed E-state index contributed by atoms with van der Waals surface area (Å²) in [6, 6.07) is 5.41. The summed E-state index contributed by atoms with van der Waals surface area (Å²) < 4.78 is 4.49. The van der Waals surface area contributed by atoms with Gasteiger partial charge in [-0.15, -0.1) is 0 Å². The molecule has 90 valence electrons. The van der Waals surface area contributed by atoms with E-state index in [-0.39, 0.29) is 12.4 Å². The zero-order chi connectivity index (χ0) is 13.0. The van der Waals surface area contributed by atoms with E-state index in [9.17, 15) is 4.79 Å². The Labute approximate surface area is 109 Å². The summed E-state index contributed by atoms with van der Waals surface area (Å²) in [7, 11) is 1.33. The number of aromatic nitrogens is 2. The van der Waals surface area contributed by atoms with E-state index in [1.54, 1.807) is 12.1 Å². The van der Waals surface area contributed by atoms with Gasteiger partial charge < -0.3 is 4.74 Å². The molecule has 0 fully saturated rings. The van der Waals surface area contributed by atoms with Crippen LogP contribution >= 0.6 is 11.6 Å². The normalized spacial score (nSPS) is 9.67. The third-order valence-electron chi connectivity index (χ3n) is 2.28. The fourth-order valence-electron chi connectivity index (χ4n) is 1.39. The smallest absolute Gasteiger partial charge is 0.317 e. The lowest BCUT2D eigenvalue weighted by Gasteiger charge is -1.98. The van der Waals surface area contributed by atoms with E-state index in [1.807, 2.05) is 6.07 Å². The van der Waals surface area contributed by atoms with Gasteiger partial charge in [0.1, 0.15) is 17.9 Å². The number of hydrogen-bond donors (Lipinski definition) is 0. The summed E-state index contributed by atoms with van der Waals surface area (Å²) in [4.78, 5) is 18.9. The van der Waals surface area contributed by atoms with Crippen LogP contribution in [0.25, 0.3) is 10.9 Å². The average Bonchev–Trinajstić information content (AvgIpc) is 2.38. The van der Waals surface area contributed by atoms with Crippen LogP contribution in [0.5, 0.6) is 0 Å². The summed E-state index contributed by atoms with van der Waals surface area (Å²) in [6.07, 6.45) is 1.47. The number of esters is 1. The van der Waals surface area contributed by atoms with Crippen LogP contribution < -0.4 is 0 Å². The summed E-state index contributed by atoms with van der Waals surface area (Å²) in [5.41, 5.74) is 1.49. The van der Waals surface area contributed by atoms with Crippen LogP contribution in [0.1, 0.15) is 12.0 Å². The molecular weight excluding hydrogens is 252 g/mol. The molecule has 1 aromatic heterocycles.